The van der Waals surface area contributed by atoms with Gasteiger partial charge in [0.1, 0.15) is 5.69 Å². The maximum Gasteiger partial charge on any atom is 0.272 e. The van der Waals surface area contributed by atoms with Crippen molar-refractivity contribution in [1.82, 2.24) is 14.7 Å². The number of rotatable bonds is 2. The van der Waals surface area contributed by atoms with Crippen molar-refractivity contribution in [2.45, 2.75) is 26.1 Å². The molecule has 0 atom stereocenters. The Morgan fingerprint density at radius 2 is 1.95 bits per heavy atom. The molecule has 6 heteroatoms. The number of nitrogens with zero attached hydrogens (tertiary/aromatic N) is 3. The number of aryl methyl sites for hydroxylation is 2. The van der Waals surface area contributed by atoms with Gasteiger partial charge in [-0.25, -0.2) is 0 Å². The molecule has 0 bridgehead atoms. The van der Waals surface area contributed by atoms with Crippen LogP contribution in [0.25, 0.3) is 0 Å². The minimum atomic E-state index is -0.0637. The van der Waals surface area contributed by atoms with E-state index in [1.165, 1.54) is 0 Å². The van der Waals surface area contributed by atoms with Gasteiger partial charge in [-0.2, -0.15) is 5.10 Å². The number of likely N-dealkylation sites (tertiary alicyclic amines) is 1. The Hall–Kier alpha value is -1.40. The second kappa shape index (κ2) is 5.54. The van der Waals surface area contributed by atoms with Crippen LogP contribution in [0, 0.1) is 12.8 Å². The highest BCUT2D eigenvalue weighted by Gasteiger charge is 2.32. The predicted octanol–water partition coefficient (Wildman–Crippen LogP) is 0.954. The normalized spacial score (nSPS) is 21.6. The average molecular weight is 279 g/mol. The van der Waals surface area contributed by atoms with Crippen molar-refractivity contribution in [2.24, 2.45) is 13.0 Å². The Balaban J connectivity index is 1.60. The summed E-state index contributed by atoms with van der Waals surface area (Å²) in [7, 11) is 1.81. The number of carbonyl (C=O) groups excluding carboxylic acids is 1. The first-order valence-corrected chi connectivity index (χ1v) is 7.18. The van der Waals surface area contributed by atoms with Gasteiger partial charge in [0.25, 0.3) is 5.91 Å². The first-order valence-electron chi connectivity index (χ1n) is 7.18. The van der Waals surface area contributed by atoms with Crippen LogP contribution in [-0.4, -0.2) is 53.2 Å². The lowest BCUT2D eigenvalue weighted by atomic mass is 9.96. The molecule has 1 aromatic rings. The topological polar surface area (TPSA) is 56.6 Å². The summed E-state index contributed by atoms with van der Waals surface area (Å²) >= 11 is 0. The zero-order chi connectivity index (χ0) is 14.1. The molecule has 2 saturated heterocycles. The number of aromatic nitrogens is 2. The van der Waals surface area contributed by atoms with E-state index in [4.69, 9.17) is 9.47 Å². The lowest BCUT2D eigenvalue weighted by Crippen LogP contribution is -2.42. The van der Waals surface area contributed by atoms with Crippen LogP contribution in [0.1, 0.15) is 29.0 Å². The number of amides is 1. The van der Waals surface area contributed by atoms with E-state index in [-0.39, 0.29) is 12.2 Å². The van der Waals surface area contributed by atoms with E-state index in [0.29, 0.717) is 24.8 Å². The fraction of sp³-hybridized carbons (Fsp3) is 0.714. The van der Waals surface area contributed by atoms with E-state index in [0.717, 1.165) is 31.6 Å². The molecule has 0 aromatic carbocycles. The molecule has 0 saturated carbocycles. The highest BCUT2D eigenvalue weighted by Crippen LogP contribution is 2.26. The summed E-state index contributed by atoms with van der Waals surface area (Å²) in [6, 6.07) is 1.84. The second-order valence-electron chi connectivity index (χ2n) is 5.53. The van der Waals surface area contributed by atoms with Crippen LogP contribution in [0.4, 0.5) is 0 Å². The van der Waals surface area contributed by atoms with Gasteiger partial charge in [0, 0.05) is 26.1 Å². The third-order valence-electron chi connectivity index (χ3n) is 4.08. The van der Waals surface area contributed by atoms with Crippen LogP contribution in [0.15, 0.2) is 6.07 Å². The first kappa shape index (κ1) is 13.6. The molecule has 2 fully saturated rings. The Kier molecular flexibility index (Phi) is 3.76. The summed E-state index contributed by atoms with van der Waals surface area (Å²) in [6.07, 6.45) is 1.81. The smallest absolute Gasteiger partial charge is 0.272 e. The highest BCUT2D eigenvalue weighted by atomic mass is 16.7. The molecule has 3 heterocycles. The maximum atomic E-state index is 12.5. The molecule has 0 spiro atoms. The Morgan fingerprint density at radius 3 is 2.50 bits per heavy atom. The van der Waals surface area contributed by atoms with Crippen LogP contribution in [-0.2, 0) is 16.5 Å². The van der Waals surface area contributed by atoms with Crippen molar-refractivity contribution in [3.8, 4) is 0 Å². The molecular formula is C14H21N3O3. The molecular weight excluding hydrogens is 258 g/mol. The fourth-order valence-corrected chi connectivity index (χ4v) is 3.00. The number of ether oxygens (including phenoxy) is 2. The quantitative estimate of drug-likeness (QED) is 0.809. The third kappa shape index (κ3) is 2.58. The van der Waals surface area contributed by atoms with Gasteiger partial charge in [-0.15, -0.1) is 0 Å². The lowest BCUT2D eigenvalue weighted by Gasteiger charge is -2.33. The van der Waals surface area contributed by atoms with Crippen LogP contribution in [0.3, 0.4) is 0 Å². The van der Waals surface area contributed by atoms with Gasteiger partial charge in [0.05, 0.1) is 18.9 Å². The minimum absolute atomic E-state index is 0.0637. The third-order valence-corrected chi connectivity index (χ3v) is 4.08. The molecule has 2 aliphatic rings. The summed E-state index contributed by atoms with van der Waals surface area (Å²) in [4.78, 5) is 14.4. The van der Waals surface area contributed by atoms with Crippen molar-refractivity contribution in [3.63, 3.8) is 0 Å². The summed E-state index contributed by atoms with van der Waals surface area (Å²) in [6.45, 7) is 4.81. The van der Waals surface area contributed by atoms with E-state index < -0.39 is 0 Å². The average Bonchev–Trinajstić information content (AvgIpc) is 3.08. The van der Waals surface area contributed by atoms with Gasteiger partial charge in [0.2, 0.25) is 0 Å². The van der Waals surface area contributed by atoms with E-state index in [1.54, 1.807) is 4.68 Å². The number of piperidine rings is 1. The summed E-state index contributed by atoms with van der Waals surface area (Å²) < 4.78 is 12.8. The van der Waals surface area contributed by atoms with Gasteiger partial charge < -0.3 is 14.4 Å². The minimum Gasteiger partial charge on any atom is -0.350 e. The van der Waals surface area contributed by atoms with Crippen molar-refractivity contribution in [2.75, 3.05) is 26.3 Å². The molecule has 1 aromatic heterocycles. The zero-order valence-corrected chi connectivity index (χ0v) is 12.0. The van der Waals surface area contributed by atoms with E-state index in [9.17, 15) is 4.79 Å². The van der Waals surface area contributed by atoms with Crippen molar-refractivity contribution in [1.29, 1.82) is 0 Å². The molecule has 20 heavy (non-hydrogen) atoms. The summed E-state index contributed by atoms with van der Waals surface area (Å²) in [5.41, 5.74) is 1.54. The predicted molar refractivity (Wildman–Crippen MR) is 72.3 cm³/mol. The number of hydrogen-bond acceptors (Lipinski definition) is 4. The van der Waals surface area contributed by atoms with Gasteiger partial charge in [0.15, 0.2) is 6.29 Å². The summed E-state index contributed by atoms with van der Waals surface area (Å²) in [5.74, 6) is 0.481. The van der Waals surface area contributed by atoms with E-state index in [1.807, 2.05) is 24.9 Å². The number of carbonyl (C=O) groups is 1. The molecule has 2 aliphatic heterocycles. The van der Waals surface area contributed by atoms with Gasteiger partial charge >= 0.3 is 0 Å². The maximum absolute atomic E-state index is 12.5. The van der Waals surface area contributed by atoms with E-state index in [2.05, 4.69) is 5.10 Å². The van der Waals surface area contributed by atoms with Gasteiger partial charge in [-0.05, 0) is 25.8 Å². The Morgan fingerprint density at radius 1 is 1.30 bits per heavy atom. The SMILES string of the molecule is Cc1cc(C(=O)N2CCC(C3OCCO3)CC2)n(C)n1. The summed E-state index contributed by atoms with van der Waals surface area (Å²) in [5, 5.41) is 4.23. The van der Waals surface area contributed by atoms with Gasteiger partial charge in [-0.3, -0.25) is 9.48 Å². The molecule has 0 unspecified atom stereocenters. The fourth-order valence-electron chi connectivity index (χ4n) is 3.00. The van der Waals surface area contributed by atoms with Crippen molar-refractivity contribution >= 4 is 5.91 Å². The molecule has 110 valence electrons. The highest BCUT2D eigenvalue weighted by molar-refractivity contribution is 5.92. The van der Waals surface area contributed by atoms with Crippen molar-refractivity contribution < 1.29 is 14.3 Å². The molecule has 1 amide bonds. The standard InChI is InChI=1S/C14H21N3O3/c1-10-9-12(16(2)15-10)13(18)17-5-3-11(4-6-17)14-19-7-8-20-14/h9,11,14H,3-8H2,1-2H3. The monoisotopic (exact) mass is 279 g/mol. The molecule has 3 rings (SSSR count). The van der Waals surface area contributed by atoms with Crippen LogP contribution in [0.2, 0.25) is 0 Å². The van der Waals surface area contributed by atoms with Crippen LogP contribution < -0.4 is 0 Å². The van der Waals surface area contributed by atoms with Crippen molar-refractivity contribution in [3.05, 3.63) is 17.5 Å². The van der Waals surface area contributed by atoms with Crippen LogP contribution >= 0.6 is 0 Å². The molecule has 6 nitrogen and oxygen atoms in total. The Labute approximate surface area is 118 Å². The Bertz CT molecular complexity index is 486. The van der Waals surface area contributed by atoms with Crippen LogP contribution in [0.5, 0.6) is 0 Å². The second-order valence-corrected chi connectivity index (χ2v) is 5.53. The zero-order valence-electron chi connectivity index (χ0n) is 12.0. The van der Waals surface area contributed by atoms with Gasteiger partial charge in [-0.1, -0.05) is 0 Å². The lowest BCUT2D eigenvalue weighted by molar-refractivity contribution is -0.0956. The first-order chi connectivity index (χ1) is 9.65. The largest absolute Gasteiger partial charge is 0.350 e. The van der Waals surface area contributed by atoms with E-state index >= 15 is 0 Å². The number of hydrogen-bond donors (Lipinski definition) is 0. The molecule has 0 radical (unpaired) electrons. The molecule has 0 aliphatic carbocycles. The molecule has 0 N–H and O–H groups in total.